The summed E-state index contributed by atoms with van der Waals surface area (Å²) in [5, 5.41) is 15.6. The Morgan fingerprint density at radius 2 is 2.58 bits per heavy atom. The second kappa shape index (κ2) is 4.68. The number of hydrogen-bond donors (Lipinski definition) is 3. The predicted octanol–water partition coefficient (Wildman–Crippen LogP) is 0.257. The number of urea groups is 1. The molecule has 0 saturated heterocycles. The average molecular weight is 187 g/mol. The zero-order chi connectivity index (χ0) is 8.81. The van der Waals surface area contributed by atoms with Crippen LogP contribution in [-0.2, 0) is 0 Å². The lowest BCUT2D eigenvalue weighted by Crippen LogP contribution is -2.30. The number of hydrogen-bond acceptors (Lipinski definition) is 4. The Labute approximate surface area is 73.4 Å². The maximum atomic E-state index is 10.9. The van der Waals surface area contributed by atoms with Crippen LogP contribution in [-0.4, -0.2) is 29.3 Å². The molecule has 0 saturated carbocycles. The maximum Gasteiger partial charge on any atom is 0.321 e. The lowest BCUT2D eigenvalue weighted by molar-refractivity contribution is 0.245. The molecule has 0 unspecified atom stereocenters. The molecule has 1 aromatic heterocycles. The van der Waals surface area contributed by atoms with E-state index in [1.165, 1.54) is 11.3 Å². The minimum Gasteiger partial charge on any atom is -0.395 e. The molecular formula is C6H9N3O2S. The molecule has 0 spiro atoms. The largest absolute Gasteiger partial charge is 0.395 e. The van der Waals surface area contributed by atoms with Crippen LogP contribution in [0.2, 0.25) is 0 Å². The van der Waals surface area contributed by atoms with Crippen LogP contribution >= 0.6 is 11.3 Å². The molecule has 1 heterocycles. The first kappa shape index (κ1) is 8.95. The average Bonchev–Trinajstić information content (AvgIpc) is 2.53. The third-order valence-corrected chi connectivity index (χ3v) is 1.74. The van der Waals surface area contributed by atoms with Gasteiger partial charge in [0, 0.05) is 18.1 Å². The van der Waals surface area contributed by atoms with E-state index in [0.717, 1.165) is 0 Å². The van der Waals surface area contributed by atoms with Crippen LogP contribution in [0, 0.1) is 0 Å². The number of aliphatic hydroxyl groups excluding tert-OH is 1. The molecule has 3 N–H and O–H groups in total. The van der Waals surface area contributed by atoms with E-state index in [0.29, 0.717) is 5.13 Å². The molecule has 1 aromatic rings. The van der Waals surface area contributed by atoms with Gasteiger partial charge in [0.05, 0.1) is 6.61 Å². The Hall–Kier alpha value is -1.14. The molecule has 0 aliphatic heterocycles. The highest BCUT2D eigenvalue weighted by atomic mass is 32.1. The third-order valence-electron chi connectivity index (χ3n) is 1.05. The highest BCUT2D eigenvalue weighted by Crippen LogP contribution is 2.09. The zero-order valence-corrected chi connectivity index (χ0v) is 7.10. The van der Waals surface area contributed by atoms with Gasteiger partial charge in [-0.25, -0.2) is 9.78 Å². The molecule has 12 heavy (non-hydrogen) atoms. The van der Waals surface area contributed by atoms with Crippen molar-refractivity contribution in [1.29, 1.82) is 0 Å². The smallest absolute Gasteiger partial charge is 0.321 e. The van der Waals surface area contributed by atoms with E-state index in [4.69, 9.17) is 5.11 Å². The number of rotatable bonds is 3. The highest BCUT2D eigenvalue weighted by Gasteiger charge is 2.00. The first-order valence-electron chi connectivity index (χ1n) is 3.38. The number of anilines is 1. The summed E-state index contributed by atoms with van der Waals surface area (Å²) in [6, 6.07) is -0.348. The van der Waals surface area contributed by atoms with Crippen molar-refractivity contribution >= 4 is 22.5 Å². The molecule has 5 nitrogen and oxygen atoms in total. The minimum atomic E-state index is -0.348. The minimum absolute atomic E-state index is 0.0642. The number of aromatic nitrogens is 1. The molecule has 0 atom stereocenters. The summed E-state index contributed by atoms with van der Waals surface area (Å²) in [7, 11) is 0. The van der Waals surface area contributed by atoms with Gasteiger partial charge in [0.25, 0.3) is 0 Å². The zero-order valence-electron chi connectivity index (χ0n) is 6.28. The topological polar surface area (TPSA) is 74.2 Å². The van der Waals surface area contributed by atoms with Gasteiger partial charge in [-0.1, -0.05) is 0 Å². The van der Waals surface area contributed by atoms with E-state index in [1.54, 1.807) is 11.6 Å². The molecule has 0 fully saturated rings. The third kappa shape index (κ3) is 2.85. The van der Waals surface area contributed by atoms with Crippen molar-refractivity contribution in [2.45, 2.75) is 0 Å². The van der Waals surface area contributed by atoms with Gasteiger partial charge in [-0.15, -0.1) is 11.3 Å². The predicted molar refractivity (Wildman–Crippen MR) is 46.2 cm³/mol. The molecule has 2 amide bonds. The number of carbonyl (C=O) groups excluding carboxylic acids is 1. The van der Waals surface area contributed by atoms with Gasteiger partial charge >= 0.3 is 6.03 Å². The summed E-state index contributed by atoms with van der Waals surface area (Å²) in [6.07, 6.45) is 1.60. The van der Waals surface area contributed by atoms with Crippen molar-refractivity contribution in [1.82, 2.24) is 10.3 Å². The fourth-order valence-corrected chi connectivity index (χ4v) is 1.12. The van der Waals surface area contributed by atoms with Crippen LogP contribution in [0.4, 0.5) is 9.93 Å². The van der Waals surface area contributed by atoms with Crippen molar-refractivity contribution < 1.29 is 9.90 Å². The summed E-state index contributed by atoms with van der Waals surface area (Å²) in [4.78, 5) is 14.8. The van der Waals surface area contributed by atoms with E-state index in [-0.39, 0.29) is 19.2 Å². The Morgan fingerprint density at radius 3 is 3.17 bits per heavy atom. The second-order valence-corrected chi connectivity index (χ2v) is 2.84. The fraction of sp³-hybridized carbons (Fsp3) is 0.333. The molecule has 0 aliphatic rings. The number of thiazole rings is 1. The molecular weight excluding hydrogens is 178 g/mol. The number of carbonyl (C=O) groups is 1. The highest BCUT2D eigenvalue weighted by molar-refractivity contribution is 7.13. The molecule has 6 heteroatoms. The molecule has 1 rings (SSSR count). The van der Waals surface area contributed by atoms with Gasteiger partial charge in [-0.2, -0.15) is 0 Å². The Morgan fingerprint density at radius 1 is 1.75 bits per heavy atom. The van der Waals surface area contributed by atoms with E-state index in [1.807, 2.05) is 0 Å². The Bertz CT molecular complexity index is 237. The number of nitrogens with one attached hydrogen (secondary N) is 2. The summed E-state index contributed by atoms with van der Waals surface area (Å²) < 4.78 is 0. The van der Waals surface area contributed by atoms with Crippen molar-refractivity contribution in [3.8, 4) is 0 Å². The fourth-order valence-electron chi connectivity index (χ4n) is 0.596. The SMILES string of the molecule is O=C(NCCO)Nc1nccs1. The van der Waals surface area contributed by atoms with Crippen LogP contribution in [0.1, 0.15) is 0 Å². The van der Waals surface area contributed by atoms with Crippen molar-refractivity contribution in [2.24, 2.45) is 0 Å². The van der Waals surface area contributed by atoms with Gasteiger partial charge in [0.2, 0.25) is 0 Å². The van der Waals surface area contributed by atoms with Gasteiger partial charge in [-0.05, 0) is 0 Å². The van der Waals surface area contributed by atoms with Crippen molar-refractivity contribution in [3.63, 3.8) is 0 Å². The van der Waals surface area contributed by atoms with Gasteiger partial charge in [-0.3, -0.25) is 5.32 Å². The van der Waals surface area contributed by atoms with Crippen LogP contribution < -0.4 is 10.6 Å². The summed E-state index contributed by atoms with van der Waals surface area (Å²) in [5.74, 6) is 0. The van der Waals surface area contributed by atoms with Gasteiger partial charge in [0.1, 0.15) is 0 Å². The molecule has 0 aliphatic carbocycles. The lowest BCUT2D eigenvalue weighted by Gasteiger charge is -2.01. The monoisotopic (exact) mass is 187 g/mol. The number of amides is 2. The maximum absolute atomic E-state index is 10.9. The van der Waals surface area contributed by atoms with Crippen LogP contribution in [0.5, 0.6) is 0 Å². The summed E-state index contributed by atoms with van der Waals surface area (Å²) in [6.45, 7) is 0.183. The van der Waals surface area contributed by atoms with Crippen LogP contribution in [0.25, 0.3) is 0 Å². The number of nitrogens with zero attached hydrogens (tertiary/aromatic N) is 1. The molecule has 0 radical (unpaired) electrons. The molecule has 0 bridgehead atoms. The Balaban J connectivity index is 2.27. The quantitative estimate of drug-likeness (QED) is 0.635. The summed E-state index contributed by atoms with van der Waals surface area (Å²) >= 11 is 1.34. The first-order valence-corrected chi connectivity index (χ1v) is 4.26. The normalized spacial score (nSPS) is 9.42. The summed E-state index contributed by atoms with van der Waals surface area (Å²) in [5.41, 5.74) is 0. The van der Waals surface area contributed by atoms with Crippen LogP contribution in [0.3, 0.4) is 0 Å². The molecule has 0 aromatic carbocycles. The van der Waals surface area contributed by atoms with E-state index >= 15 is 0 Å². The van der Waals surface area contributed by atoms with E-state index in [9.17, 15) is 4.79 Å². The van der Waals surface area contributed by atoms with Crippen molar-refractivity contribution in [3.05, 3.63) is 11.6 Å². The van der Waals surface area contributed by atoms with Crippen LogP contribution in [0.15, 0.2) is 11.6 Å². The molecule has 66 valence electrons. The lowest BCUT2D eigenvalue weighted by atomic mass is 10.7. The number of aliphatic hydroxyl groups is 1. The standard InChI is InChI=1S/C6H9N3O2S/c10-3-1-7-5(11)9-6-8-2-4-12-6/h2,4,10H,1,3H2,(H2,7,8,9,11). The first-order chi connectivity index (χ1) is 5.83. The van der Waals surface area contributed by atoms with Gasteiger partial charge < -0.3 is 10.4 Å². The van der Waals surface area contributed by atoms with E-state index < -0.39 is 0 Å². The van der Waals surface area contributed by atoms with Gasteiger partial charge in [0.15, 0.2) is 5.13 Å². The second-order valence-electron chi connectivity index (χ2n) is 1.94. The Kier molecular flexibility index (Phi) is 3.49. The van der Waals surface area contributed by atoms with Crippen molar-refractivity contribution in [2.75, 3.05) is 18.5 Å². The van der Waals surface area contributed by atoms with E-state index in [2.05, 4.69) is 15.6 Å².